The number of carbonyl (C=O) groups excluding carboxylic acids is 1. The zero-order chi connectivity index (χ0) is 25.8. The Labute approximate surface area is 200 Å². The van der Waals surface area contributed by atoms with E-state index in [4.69, 9.17) is 16.4 Å². The van der Waals surface area contributed by atoms with E-state index in [0.29, 0.717) is 12.1 Å². The van der Waals surface area contributed by atoms with Gasteiger partial charge in [0.2, 0.25) is 5.91 Å². The Bertz CT molecular complexity index is 1170. The van der Waals surface area contributed by atoms with Crippen LogP contribution in [0.25, 0.3) is 0 Å². The second kappa shape index (κ2) is 8.39. The lowest BCUT2D eigenvalue weighted by Gasteiger charge is -2.44. The standard InChI is InChI=1S/C23H18ClF7N2O2/c1-2-19(34)33-11-20(25,12-33)14-5-3-13(4-6-14)18-10-21(35-32-18,23(29,30)31)15-7-16(22(26,27)28)9-17(24)8-15/h3-9H,2,10-12H2,1H3. The smallest absolute Gasteiger partial charge is 0.374 e. The molecule has 4 rings (SSSR count). The zero-order valence-corrected chi connectivity index (χ0v) is 18.9. The number of rotatable bonds is 4. The van der Waals surface area contributed by atoms with E-state index in [1.807, 2.05) is 0 Å². The largest absolute Gasteiger partial charge is 0.435 e. The Balaban J connectivity index is 1.60. The average Bonchev–Trinajstić information content (AvgIpc) is 3.22. The molecule has 2 aliphatic rings. The first-order valence-electron chi connectivity index (χ1n) is 10.5. The molecule has 4 nitrogen and oxygen atoms in total. The normalized spacial score (nSPS) is 21.9. The van der Waals surface area contributed by atoms with Gasteiger partial charge in [-0.15, -0.1) is 0 Å². The molecule has 0 spiro atoms. The van der Waals surface area contributed by atoms with E-state index < -0.39 is 46.2 Å². The summed E-state index contributed by atoms with van der Waals surface area (Å²) in [5.74, 6) is -0.189. The number of hydrogen-bond donors (Lipinski definition) is 0. The highest BCUT2D eigenvalue weighted by molar-refractivity contribution is 6.30. The molecule has 2 aliphatic heterocycles. The Morgan fingerprint density at radius 1 is 1.06 bits per heavy atom. The first-order valence-corrected chi connectivity index (χ1v) is 10.8. The summed E-state index contributed by atoms with van der Waals surface area (Å²) < 4.78 is 97.1. The molecule has 0 saturated carbocycles. The fraction of sp³-hybridized carbons (Fsp3) is 0.391. The van der Waals surface area contributed by atoms with Gasteiger partial charge in [-0.25, -0.2) is 4.39 Å². The summed E-state index contributed by atoms with van der Waals surface area (Å²) >= 11 is 5.70. The molecule has 2 aromatic rings. The molecule has 0 radical (unpaired) electrons. The van der Waals surface area contributed by atoms with Gasteiger partial charge in [0.1, 0.15) is 0 Å². The van der Waals surface area contributed by atoms with Crippen molar-refractivity contribution in [3.63, 3.8) is 0 Å². The van der Waals surface area contributed by atoms with Gasteiger partial charge >= 0.3 is 12.4 Å². The highest BCUT2D eigenvalue weighted by atomic mass is 35.5. The number of nitrogens with zero attached hydrogens (tertiary/aromatic N) is 2. The van der Waals surface area contributed by atoms with Crippen molar-refractivity contribution in [1.82, 2.24) is 4.90 Å². The monoisotopic (exact) mass is 522 g/mol. The van der Waals surface area contributed by atoms with Crippen LogP contribution < -0.4 is 0 Å². The van der Waals surface area contributed by atoms with E-state index in [2.05, 4.69) is 5.16 Å². The van der Waals surface area contributed by atoms with Gasteiger partial charge in [0.25, 0.3) is 5.60 Å². The minimum Gasteiger partial charge on any atom is -0.374 e. The van der Waals surface area contributed by atoms with Crippen LogP contribution in [0.5, 0.6) is 0 Å². The summed E-state index contributed by atoms with van der Waals surface area (Å²) in [6.45, 7) is 1.40. The van der Waals surface area contributed by atoms with Gasteiger partial charge in [0.15, 0.2) is 5.67 Å². The third kappa shape index (κ3) is 4.46. The van der Waals surface area contributed by atoms with Crippen LogP contribution in [-0.4, -0.2) is 35.8 Å². The maximum absolute atomic E-state index is 15.1. The van der Waals surface area contributed by atoms with Crippen molar-refractivity contribution in [1.29, 1.82) is 0 Å². The van der Waals surface area contributed by atoms with E-state index in [1.54, 1.807) is 6.92 Å². The predicted molar refractivity (Wildman–Crippen MR) is 113 cm³/mol. The number of carbonyl (C=O) groups is 1. The minimum absolute atomic E-state index is 0.128. The molecule has 1 saturated heterocycles. The average molecular weight is 523 g/mol. The highest BCUT2D eigenvalue weighted by Gasteiger charge is 2.62. The van der Waals surface area contributed by atoms with Gasteiger partial charge in [0, 0.05) is 23.4 Å². The fourth-order valence-corrected chi connectivity index (χ4v) is 4.38. The van der Waals surface area contributed by atoms with Crippen LogP contribution in [0.1, 0.15) is 42.0 Å². The molecule has 1 unspecified atom stereocenters. The molecular formula is C23H18ClF7N2O2. The molecule has 12 heteroatoms. The molecule has 188 valence electrons. The van der Waals surface area contributed by atoms with Crippen molar-refractivity contribution >= 4 is 23.2 Å². The van der Waals surface area contributed by atoms with Crippen LogP contribution in [0.4, 0.5) is 30.7 Å². The number of likely N-dealkylation sites (tertiary alicyclic amines) is 1. The van der Waals surface area contributed by atoms with Crippen LogP contribution in [0.3, 0.4) is 0 Å². The Morgan fingerprint density at radius 2 is 1.69 bits per heavy atom. The number of amides is 1. The molecule has 1 amide bonds. The molecule has 0 N–H and O–H groups in total. The minimum atomic E-state index is -5.13. The topological polar surface area (TPSA) is 41.9 Å². The lowest BCUT2D eigenvalue weighted by atomic mass is 9.84. The van der Waals surface area contributed by atoms with Gasteiger partial charge in [-0.2, -0.15) is 26.3 Å². The van der Waals surface area contributed by atoms with Crippen LogP contribution in [-0.2, 0) is 27.1 Å². The molecule has 0 aliphatic carbocycles. The molecule has 1 atom stereocenters. The maximum Gasteiger partial charge on any atom is 0.435 e. The SMILES string of the molecule is CCC(=O)N1CC(F)(c2ccc(C3=NOC(c4cc(Cl)cc(C(F)(F)F)c4)(C(F)(F)F)C3)cc2)C1. The molecule has 35 heavy (non-hydrogen) atoms. The Kier molecular flexibility index (Phi) is 6.06. The van der Waals surface area contributed by atoms with Gasteiger partial charge in [0.05, 0.1) is 24.4 Å². The van der Waals surface area contributed by atoms with E-state index in [-0.39, 0.29) is 42.3 Å². The van der Waals surface area contributed by atoms with Gasteiger partial charge < -0.3 is 9.74 Å². The predicted octanol–water partition coefficient (Wildman–Crippen LogP) is 6.36. The van der Waals surface area contributed by atoms with E-state index in [0.717, 1.165) is 6.07 Å². The molecule has 0 aromatic heterocycles. The molecular weight excluding hydrogens is 505 g/mol. The summed E-state index contributed by atoms with van der Waals surface area (Å²) in [5, 5.41) is 2.98. The van der Waals surface area contributed by atoms with Crippen LogP contribution in [0.15, 0.2) is 47.6 Å². The maximum atomic E-state index is 15.1. The van der Waals surface area contributed by atoms with Gasteiger partial charge in [-0.05, 0) is 29.3 Å². The van der Waals surface area contributed by atoms with Crippen molar-refractivity contribution < 1.29 is 40.4 Å². The summed E-state index contributed by atoms with van der Waals surface area (Å²) in [7, 11) is 0. The van der Waals surface area contributed by atoms with Gasteiger partial charge in [-0.1, -0.05) is 47.9 Å². The van der Waals surface area contributed by atoms with Crippen LogP contribution in [0.2, 0.25) is 5.02 Å². The van der Waals surface area contributed by atoms with Crippen LogP contribution >= 0.6 is 11.6 Å². The van der Waals surface area contributed by atoms with Gasteiger partial charge in [-0.3, -0.25) is 4.79 Å². The lowest BCUT2D eigenvalue weighted by molar-refractivity contribution is -0.276. The van der Waals surface area contributed by atoms with Crippen molar-refractivity contribution in [2.45, 2.75) is 43.4 Å². The Hall–Kier alpha value is -2.82. The quantitative estimate of drug-likeness (QED) is 0.439. The summed E-state index contributed by atoms with van der Waals surface area (Å²) in [6, 6.07) is 7.09. The first-order chi connectivity index (χ1) is 16.2. The second-order valence-corrected chi connectivity index (χ2v) is 8.94. The van der Waals surface area contributed by atoms with E-state index >= 15 is 4.39 Å². The van der Waals surface area contributed by atoms with E-state index in [1.165, 1.54) is 29.2 Å². The number of benzene rings is 2. The molecule has 2 aromatic carbocycles. The molecule has 2 heterocycles. The van der Waals surface area contributed by atoms with Crippen molar-refractivity contribution in [3.05, 3.63) is 69.7 Å². The summed E-state index contributed by atoms with van der Waals surface area (Å²) in [4.78, 5) is 17.8. The van der Waals surface area contributed by atoms with Crippen LogP contribution in [0, 0.1) is 0 Å². The molecule has 0 bridgehead atoms. The summed E-state index contributed by atoms with van der Waals surface area (Å²) in [6.07, 6.45) is -10.7. The third-order valence-corrected chi connectivity index (χ3v) is 6.37. The number of halogens is 8. The highest BCUT2D eigenvalue weighted by Crippen LogP contribution is 2.50. The number of alkyl halides is 7. The first kappa shape index (κ1) is 25.3. The van der Waals surface area contributed by atoms with Crippen molar-refractivity contribution in [2.24, 2.45) is 5.16 Å². The van der Waals surface area contributed by atoms with Crippen molar-refractivity contribution in [3.8, 4) is 0 Å². The Morgan fingerprint density at radius 3 is 2.23 bits per heavy atom. The third-order valence-electron chi connectivity index (χ3n) is 6.15. The zero-order valence-electron chi connectivity index (χ0n) is 18.1. The second-order valence-electron chi connectivity index (χ2n) is 8.50. The molecule has 1 fully saturated rings. The van der Waals surface area contributed by atoms with Crippen molar-refractivity contribution in [2.75, 3.05) is 13.1 Å². The number of hydrogen-bond acceptors (Lipinski definition) is 3. The number of oxime groups is 1. The van der Waals surface area contributed by atoms with E-state index in [9.17, 15) is 31.1 Å². The lowest BCUT2D eigenvalue weighted by Crippen LogP contribution is -2.58. The summed E-state index contributed by atoms with van der Waals surface area (Å²) in [5.41, 5.74) is -6.89. The fourth-order valence-electron chi connectivity index (χ4n) is 4.15.